The molecule has 5 aromatic rings. The van der Waals surface area contributed by atoms with Crippen LogP contribution in [0.4, 0.5) is 0 Å². The van der Waals surface area contributed by atoms with Crippen LogP contribution in [0.1, 0.15) is 59.4 Å². The Labute approximate surface area is 287 Å². The van der Waals surface area contributed by atoms with Crippen molar-refractivity contribution in [1.82, 2.24) is 0 Å². The van der Waals surface area contributed by atoms with E-state index in [2.05, 4.69) is 175 Å². The van der Waals surface area contributed by atoms with Gasteiger partial charge in [-0.15, -0.1) is 0 Å². The van der Waals surface area contributed by atoms with E-state index in [0.717, 1.165) is 12.5 Å². The number of hydrogen-bond acceptors (Lipinski definition) is 3. The molecule has 6 rings (SSSR count). The van der Waals surface area contributed by atoms with Gasteiger partial charge in [0.25, 0.3) is 0 Å². The molecule has 0 aliphatic carbocycles. The third kappa shape index (κ3) is 7.05. The van der Waals surface area contributed by atoms with Gasteiger partial charge in [-0.2, -0.15) is 0 Å². The predicted molar refractivity (Wildman–Crippen MR) is 202 cm³/mol. The number of rotatable bonds is 8. The molecule has 2 atom stereocenters. The topological polar surface area (TPSA) is 35.5 Å². The number of fused-ring (bicyclic) bond motifs is 1. The molecule has 246 valence electrons. The van der Waals surface area contributed by atoms with Crippen molar-refractivity contribution in [2.75, 3.05) is 0 Å². The third-order valence-corrected chi connectivity index (χ3v) is 14.7. The first-order chi connectivity index (χ1) is 22.9. The second-order valence-electron chi connectivity index (χ2n) is 15.4. The van der Waals surface area contributed by atoms with Crippen LogP contribution in [0.15, 0.2) is 145 Å². The summed E-state index contributed by atoms with van der Waals surface area (Å²) in [6, 6.07) is 48.7. The van der Waals surface area contributed by atoms with Crippen LogP contribution in [0, 0.1) is 10.8 Å². The molecule has 0 aromatic heterocycles. The Morgan fingerprint density at radius 3 is 1.67 bits per heavy atom. The second-order valence-corrected chi connectivity index (χ2v) is 19.4. The lowest BCUT2D eigenvalue weighted by atomic mass is 9.74. The van der Waals surface area contributed by atoms with Gasteiger partial charge in [-0.05, 0) is 61.3 Å². The minimum absolute atomic E-state index is 0.00681. The maximum atomic E-state index is 14.2. The predicted octanol–water partition coefficient (Wildman–Crippen LogP) is 8.77. The van der Waals surface area contributed by atoms with E-state index < -0.39 is 8.07 Å². The molecule has 0 bridgehead atoms. The van der Waals surface area contributed by atoms with E-state index in [0.29, 0.717) is 5.76 Å². The SMILES string of the molecule is CC(C)(C)C(OC(=O)C1=C[C@@H](c2ccc3ccccc3c2)C[C@@H](C[Si](c2ccccc2)(c2ccccc2)c2ccccc2)O1)C(C)(C)C. The van der Waals surface area contributed by atoms with Crippen molar-refractivity contribution in [2.24, 2.45) is 10.8 Å². The van der Waals surface area contributed by atoms with Gasteiger partial charge in [0.1, 0.15) is 6.10 Å². The van der Waals surface area contributed by atoms with Crippen LogP contribution in [-0.4, -0.2) is 26.3 Å². The van der Waals surface area contributed by atoms with Crippen LogP contribution < -0.4 is 15.6 Å². The van der Waals surface area contributed by atoms with E-state index in [1.165, 1.54) is 31.9 Å². The van der Waals surface area contributed by atoms with E-state index in [1.54, 1.807) is 0 Å². The number of esters is 1. The van der Waals surface area contributed by atoms with Crippen LogP contribution in [-0.2, 0) is 14.3 Å². The lowest BCUT2D eigenvalue weighted by Gasteiger charge is -2.41. The summed E-state index contributed by atoms with van der Waals surface area (Å²) >= 11 is 0. The van der Waals surface area contributed by atoms with Gasteiger partial charge in [-0.1, -0.05) is 175 Å². The highest BCUT2D eigenvalue weighted by Crippen LogP contribution is 2.39. The summed E-state index contributed by atoms with van der Waals surface area (Å²) in [5.41, 5.74) is 0.703. The lowest BCUT2D eigenvalue weighted by Crippen LogP contribution is -2.68. The zero-order valence-electron chi connectivity index (χ0n) is 29.2. The molecule has 1 aliphatic heterocycles. The van der Waals surface area contributed by atoms with Gasteiger partial charge in [0.2, 0.25) is 5.76 Å². The van der Waals surface area contributed by atoms with Crippen molar-refractivity contribution in [2.45, 2.75) is 72.1 Å². The van der Waals surface area contributed by atoms with Crippen LogP contribution in [0.3, 0.4) is 0 Å². The average Bonchev–Trinajstić information content (AvgIpc) is 3.09. The number of hydrogen-bond donors (Lipinski definition) is 0. The molecule has 5 aromatic carbocycles. The Morgan fingerprint density at radius 1 is 0.688 bits per heavy atom. The molecule has 0 unspecified atom stereocenters. The number of allylic oxidation sites excluding steroid dienone is 1. The number of ether oxygens (including phenoxy) is 2. The van der Waals surface area contributed by atoms with E-state index in [1.807, 2.05) is 6.08 Å². The fourth-order valence-corrected chi connectivity index (χ4v) is 12.8. The van der Waals surface area contributed by atoms with Crippen molar-refractivity contribution in [3.05, 3.63) is 151 Å². The van der Waals surface area contributed by atoms with Gasteiger partial charge in [-0.3, -0.25) is 0 Å². The van der Waals surface area contributed by atoms with E-state index in [4.69, 9.17) is 9.47 Å². The minimum atomic E-state index is -2.65. The maximum Gasteiger partial charge on any atom is 0.373 e. The maximum absolute atomic E-state index is 14.2. The average molecular weight is 653 g/mol. The zero-order chi connectivity index (χ0) is 33.9. The highest BCUT2D eigenvalue weighted by Gasteiger charge is 2.45. The molecule has 0 spiro atoms. The van der Waals surface area contributed by atoms with E-state index >= 15 is 0 Å². The molecule has 0 amide bonds. The summed E-state index contributed by atoms with van der Waals surface area (Å²) in [5.74, 6) is -0.0700. The van der Waals surface area contributed by atoms with E-state index in [9.17, 15) is 4.79 Å². The highest BCUT2D eigenvalue weighted by atomic mass is 28.3. The van der Waals surface area contributed by atoms with Gasteiger partial charge in [0, 0.05) is 5.92 Å². The molecular formula is C44H48O3Si. The molecule has 0 N–H and O–H groups in total. The number of benzene rings is 5. The minimum Gasteiger partial charge on any atom is -0.484 e. The summed E-state index contributed by atoms with van der Waals surface area (Å²) in [6.45, 7) is 12.8. The Balaban J connectivity index is 1.46. The molecule has 0 radical (unpaired) electrons. The molecule has 0 fully saturated rings. The second kappa shape index (κ2) is 13.6. The normalized spacial score (nSPS) is 17.1. The third-order valence-electron chi connectivity index (χ3n) is 9.70. The van der Waals surface area contributed by atoms with Gasteiger partial charge in [0.15, 0.2) is 8.07 Å². The highest BCUT2D eigenvalue weighted by molar-refractivity contribution is 7.11. The number of carbonyl (C=O) groups is 1. The van der Waals surface area contributed by atoms with Gasteiger partial charge >= 0.3 is 5.97 Å². The van der Waals surface area contributed by atoms with E-state index in [-0.39, 0.29) is 34.9 Å². The first-order valence-electron chi connectivity index (χ1n) is 17.2. The van der Waals surface area contributed by atoms with Gasteiger partial charge < -0.3 is 9.47 Å². The number of carbonyl (C=O) groups excluding carboxylic acids is 1. The first kappa shape index (κ1) is 33.5. The lowest BCUT2D eigenvalue weighted by molar-refractivity contribution is -0.164. The van der Waals surface area contributed by atoms with Crippen molar-refractivity contribution < 1.29 is 14.3 Å². The van der Waals surface area contributed by atoms with Crippen molar-refractivity contribution >= 4 is 40.4 Å². The first-order valence-corrected chi connectivity index (χ1v) is 19.4. The molecule has 0 saturated carbocycles. The molecule has 3 nitrogen and oxygen atoms in total. The Morgan fingerprint density at radius 2 is 1.17 bits per heavy atom. The van der Waals surface area contributed by atoms with Crippen LogP contribution in [0.25, 0.3) is 10.8 Å². The Hall–Kier alpha value is -4.41. The fraction of sp³-hybridized carbons (Fsp3) is 0.295. The largest absolute Gasteiger partial charge is 0.484 e. The summed E-state index contributed by atoms with van der Waals surface area (Å²) < 4.78 is 13.2. The molecular weight excluding hydrogens is 605 g/mol. The monoisotopic (exact) mass is 652 g/mol. The summed E-state index contributed by atoms with van der Waals surface area (Å²) in [5, 5.41) is 6.38. The van der Waals surface area contributed by atoms with Gasteiger partial charge in [-0.25, -0.2) is 4.79 Å². The Bertz CT molecular complexity index is 1760. The van der Waals surface area contributed by atoms with Crippen LogP contribution in [0.5, 0.6) is 0 Å². The molecule has 0 saturated heterocycles. The smallest absolute Gasteiger partial charge is 0.373 e. The van der Waals surface area contributed by atoms with Crippen LogP contribution >= 0.6 is 0 Å². The molecule has 1 heterocycles. The zero-order valence-corrected chi connectivity index (χ0v) is 30.2. The summed E-state index contributed by atoms with van der Waals surface area (Å²) in [7, 11) is -2.65. The summed E-state index contributed by atoms with van der Waals surface area (Å²) in [6.07, 6.45) is 2.26. The van der Waals surface area contributed by atoms with Crippen molar-refractivity contribution in [1.29, 1.82) is 0 Å². The Kier molecular flexibility index (Phi) is 9.49. The molecule has 1 aliphatic rings. The fourth-order valence-electron chi connectivity index (χ4n) is 7.89. The standard InChI is InChI=1S/C44H48O3Si/c1-43(2,3)42(44(4,5)6)47-41(45)40-30-35(34-27-26-32-18-16-17-19-33(32)28-34)29-36(46-40)31-48(37-20-10-7-11-21-37,38-22-12-8-13-23-38)39-24-14-9-15-25-39/h7-28,30,35-36,42H,29,31H2,1-6H3/t35-,36-/m0/s1. The van der Waals surface area contributed by atoms with Crippen molar-refractivity contribution in [3.8, 4) is 0 Å². The molecule has 48 heavy (non-hydrogen) atoms. The summed E-state index contributed by atoms with van der Waals surface area (Å²) in [4.78, 5) is 14.2. The van der Waals surface area contributed by atoms with Gasteiger partial charge in [0.05, 0.1) is 6.10 Å². The quantitative estimate of drug-likeness (QED) is 0.0955. The van der Waals surface area contributed by atoms with Crippen LogP contribution in [0.2, 0.25) is 6.04 Å². The molecule has 4 heteroatoms. The van der Waals surface area contributed by atoms with Crippen molar-refractivity contribution in [3.63, 3.8) is 0 Å².